The Morgan fingerprint density at radius 3 is 2.27 bits per heavy atom. The van der Waals surface area contributed by atoms with Crippen LogP contribution in [0.15, 0.2) is 97.3 Å². The Morgan fingerprint density at radius 1 is 0.848 bits per heavy atom. The number of aryl methyl sites for hydroxylation is 1. The number of hydrogen-bond acceptors (Lipinski definition) is 4. The lowest BCUT2D eigenvalue weighted by Crippen LogP contribution is -2.25. The second-order valence-electron chi connectivity index (χ2n) is 7.77. The average Bonchev–Trinajstić information content (AvgIpc) is 3.32. The monoisotopic (exact) mass is 433 g/mol. The number of aromatic nitrogens is 4. The molecule has 0 radical (unpaired) electrons. The fourth-order valence-electron chi connectivity index (χ4n) is 3.79. The van der Waals surface area contributed by atoms with Gasteiger partial charge in [0, 0.05) is 36.1 Å². The van der Waals surface area contributed by atoms with Crippen LogP contribution in [0.1, 0.15) is 22.5 Å². The Labute approximate surface area is 192 Å². The Balaban J connectivity index is 1.42. The molecule has 0 bridgehead atoms. The first-order chi connectivity index (χ1) is 16.3. The van der Waals surface area contributed by atoms with Gasteiger partial charge in [0.15, 0.2) is 11.3 Å². The van der Waals surface area contributed by atoms with Gasteiger partial charge < -0.3 is 5.32 Å². The molecule has 1 amide bonds. The van der Waals surface area contributed by atoms with E-state index in [9.17, 15) is 4.79 Å². The minimum atomic E-state index is -0.199. The van der Waals surface area contributed by atoms with E-state index in [4.69, 9.17) is 4.98 Å². The highest BCUT2D eigenvalue weighted by molar-refractivity contribution is 5.93. The van der Waals surface area contributed by atoms with Gasteiger partial charge in [-0.05, 0) is 36.6 Å². The van der Waals surface area contributed by atoms with Gasteiger partial charge in [0.2, 0.25) is 0 Å². The van der Waals surface area contributed by atoms with E-state index in [1.54, 1.807) is 23.0 Å². The summed E-state index contributed by atoms with van der Waals surface area (Å²) in [7, 11) is 0. The van der Waals surface area contributed by atoms with Gasteiger partial charge in [-0.3, -0.25) is 9.78 Å². The van der Waals surface area contributed by atoms with Crippen LogP contribution < -0.4 is 5.32 Å². The lowest BCUT2D eigenvalue weighted by atomic mass is 10.1. The minimum Gasteiger partial charge on any atom is -0.351 e. The minimum absolute atomic E-state index is 0.199. The Hall–Kier alpha value is -4.32. The maximum absolute atomic E-state index is 12.8. The molecule has 6 nitrogen and oxygen atoms in total. The van der Waals surface area contributed by atoms with Gasteiger partial charge in [0.1, 0.15) is 0 Å². The van der Waals surface area contributed by atoms with Crippen molar-refractivity contribution in [1.29, 1.82) is 0 Å². The zero-order chi connectivity index (χ0) is 22.5. The van der Waals surface area contributed by atoms with E-state index < -0.39 is 0 Å². The number of pyridine rings is 1. The highest BCUT2D eigenvalue weighted by Crippen LogP contribution is 2.26. The summed E-state index contributed by atoms with van der Waals surface area (Å²) in [6.45, 7) is 0.573. The molecule has 3 aromatic heterocycles. The van der Waals surface area contributed by atoms with Crippen molar-refractivity contribution in [2.45, 2.75) is 12.8 Å². The van der Waals surface area contributed by atoms with E-state index in [-0.39, 0.29) is 5.91 Å². The molecule has 0 aliphatic carbocycles. The fourth-order valence-corrected chi connectivity index (χ4v) is 3.79. The zero-order valence-corrected chi connectivity index (χ0v) is 18.1. The van der Waals surface area contributed by atoms with Crippen molar-refractivity contribution in [1.82, 2.24) is 24.9 Å². The second-order valence-corrected chi connectivity index (χ2v) is 7.77. The van der Waals surface area contributed by atoms with Crippen LogP contribution in [0.2, 0.25) is 0 Å². The Kier molecular flexibility index (Phi) is 5.89. The lowest BCUT2D eigenvalue weighted by Gasteiger charge is -2.08. The predicted octanol–water partition coefficient (Wildman–Crippen LogP) is 4.82. The van der Waals surface area contributed by atoms with Crippen LogP contribution in [0, 0.1) is 0 Å². The SMILES string of the molecule is O=C(NCCCc1ccncc1)c1cc2nc(-c3ccccc3)cc(-c3ccccc3)n2n1. The van der Waals surface area contributed by atoms with E-state index in [0.717, 1.165) is 35.4 Å². The molecule has 0 saturated carbocycles. The summed E-state index contributed by atoms with van der Waals surface area (Å²) < 4.78 is 1.74. The van der Waals surface area contributed by atoms with Gasteiger partial charge in [-0.2, -0.15) is 5.10 Å². The number of carbonyl (C=O) groups excluding carboxylic acids is 1. The number of carbonyl (C=O) groups is 1. The van der Waals surface area contributed by atoms with Crippen molar-refractivity contribution in [2.75, 3.05) is 6.54 Å². The number of nitrogens with zero attached hydrogens (tertiary/aromatic N) is 4. The zero-order valence-electron chi connectivity index (χ0n) is 18.1. The van der Waals surface area contributed by atoms with Crippen molar-refractivity contribution in [2.24, 2.45) is 0 Å². The normalized spacial score (nSPS) is 10.9. The third-order valence-corrected chi connectivity index (χ3v) is 5.48. The number of amides is 1. The molecule has 3 heterocycles. The van der Waals surface area contributed by atoms with E-state index in [1.807, 2.05) is 78.9 Å². The standard InChI is InChI=1S/C27H23N5O/c33-27(29-15-7-8-20-13-16-28-17-14-20)24-19-26-30-23(21-9-3-1-4-10-21)18-25(32(26)31-24)22-11-5-2-6-12-22/h1-6,9-14,16-19H,7-8,15H2,(H,29,33). The molecular weight excluding hydrogens is 410 g/mol. The quantitative estimate of drug-likeness (QED) is 0.374. The lowest BCUT2D eigenvalue weighted by molar-refractivity contribution is 0.0948. The first-order valence-electron chi connectivity index (χ1n) is 11.0. The highest BCUT2D eigenvalue weighted by Gasteiger charge is 2.16. The molecule has 0 aliphatic rings. The summed E-state index contributed by atoms with van der Waals surface area (Å²) in [5.74, 6) is -0.199. The van der Waals surface area contributed by atoms with Crippen LogP contribution in [0.25, 0.3) is 28.2 Å². The summed E-state index contributed by atoms with van der Waals surface area (Å²) in [6.07, 6.45) is 5.29. The van der Waals surface area contributed by atoms with Crippen molar-refractivity contribution in [3.8, 4) is 22.5 Å². The number of benzene rings is 2. The molecule has 1 N–H and O–H groups in total. The Bertz CT molecular complexity index is 1370. The first kappa shape index (κ1) is 20.6. The van der Waals surface area contributed by atoms with Gasteiger partial charge in [-0.25, -0.2) is 9.50 Å². The van der Waals surface area contributed by atoms with E-state index in [2.05, 4.69) is 15.4 Å². The molecule has 0 fully saturated rings. The van der Waals surface area contributed by atoms with Crippen LogP contribution in [0.4, 0.5) is 0 Å². The summed E-state index contributed by atoms with van der Waals surface area (Å²) in [5, 5.41) is 7.57. The number of rotatable bonds is 7. The van der Waals surface area contributed by atoms with Crippen LogP contribution in [-0.2, 0) is 6.42 Å². The molecule has 162 valence electrons. The predicted molar refractivity (Wildman–Crippen MR) is 129 cm³/mol. The maximum atomic E-state index is 12.8. The smallest absolute Gasteiger partial charge is 0.271 e. The van der Waals surface area contributed by atoms with Gasteiger partial charge in [0.05, 0.1) is 11.4 Å². The van der Waals surface area contributed by atoms with Crippen molar-refractivity contribution in [3.63, 3.8) is 0 Å². The fraction of sp³-hybridized carbons (Fsp3) is 0.111. The molecule has 0 atom stereocenters. The molecule has 0 spiro atoms. The van der Waals surface area contributed by atoms with Gasteiger partial charge >= 0.3 is 0 Å². The van der Waals surface area contributed by atoms with Crippen LogP contribution in [0.5, 0.6) is 0 Å². The van der Waals surface area contributed by atoms with Crippen LogP contribution in [-0.4, -0.2) is 32.0 Å². The van der Waals surface area contributed by atoms with Crippen molar-refractivity contribution < 1.29 is 4.79 Å². The summed E-state index contributed by atoms with van der Waals surface area (Å²) in [4.78, 5) is 21.6. The van der Waals surface area contributed by atoms with E-state index in [0.29, 0.717) is 17.9 Å². The Morgan fingerprint density at radius 2 is 1.55 bits per heavy atom. The number of fused-ring (bicyclic) bond motifs is 1. The summed E-state index contributed by atoms with van der Waals surface area (Å²) in [6, 6.07) is 27.8. The average molecular weight is 434 g/mol. The van der Waals surface area contributed by atoms with Crippen molar-refractivity contribution >= 4 is 11.6 Å². The van der Waals surface area contributed by atoms with Crippen LogP contribution >= 0.6 is 0 Å². The van der Waals surface area contributed by atoms with Gasteiger partial charge in [-0.1, -0.05) is 60.7 Å². The molecule has 0 saturated heterocycles. The third kappa shape index (κ3) is 4.65. The molecule has 5 aromatic rings. The first-order valence-corrected chi connectivity index (χ1v) is 11.0. The molecule has 33 heavy (non-hydrogen) atoms. The molecule has 0 unspecified atom stereocenters. The van der Waals surface area contributed by atoms with Crippen molar-refractivity contribution in [3.05, 3.63) is 109 Å². The highest BCUT2D eigenvalue weighted by atomic mass is 16.1. The molecule has 6 heteroatoms. The molecule has 5 rings (SSSR count). The second kappa shape index (κ2) is 9.44. The van der Waals surface area contributed by atoms with E-state index >= 15 is 0 Å². The van der Waals surface area contributed by atoms with Gasteiger partial charge in [0.25, 0.3) is 5.91 Å². The molecular formula is C27H23N5O. The topological polar surface area (TPSA) is 72.2 Å². The maximum Gasteiger partial charge on any atom is 0.271 e. The summed E-state index contributed by atoms with van der Waals surface area (Å²) in [5.41, 5.74) is 5.94. The number of hydrogen-bond donors (Lipinski definition) is 1. The van der Waals surface area contributed by atoms with Gasteiger partial charge in [-0.15, -0.1) is 0 Å². The largest absolute Gasteiger partial charge is 0.351 e. The summed E-state index contributed by atoms with van der Waals surface area (Å²) >= 11 is 0. The molecule has 2 aromatic carbocycles. The third-order valence-electron chi connectivity index (χ3n) is 5.48. The van der Waals surface area contributed by atoms with E-state index in [1.165, 1.54) is 5.56 Å². The molecule has 0 aliphatic heterocycles. The van der Waals surface area contributed by atoms with Crippen LogP contribution in [0.3, 0.4) is 0 Å². The number of nitrogens with one attached hydrogen (secondary N) is 1.